The topological polar surface area (TPSA) is 67.8 Å². The van der Waals surface area contributed by atoms with Crippen LogP contribution in [0.4, 0.5) is 5.13 Å². The van der Waals surface area contributed by atoms with E-state index in [4.69, 9.17) is 4.98 Å². The van der Waals surface area contributed by atoms with Gasteiger partial charge in [-0.25, -0.2) is 15.0 Å². The van der Waals surface area contributed by atoms with Crippen LogP contribution in [-0.2, 0) is 5.41 Å². The molecule has 1 amide bonds. The Morgan fingerprint density at radius 3 is 2.42 bits per heavy atom. The first kappa shape index (κ1) is 17.0. The van der Waals surface area contributed by atoms with E-state index in [1.54, 1.807) is 6.20 Å². The molecule has 24 heavy (non-hydrogen) atoms. The molecular weight excluding hydrogens is 340 g/mol. The first-order valence-electron chi connectivity index (χ1n) is 7.69. The molecule has 0 aliphatic rings. The normalized spacial score (nSPS) is 11.9. The standard InChI is InChI=1S/C17H20N4OS2/c1-8-7-18-16(23-8)20-13(22)12-9(2)11-10(3)19-15(17(4,5)6)21-14(11)24-12/h7H,1-6H3,(H,18,20,22). The van der Waals surface area contributed by atoms with Gasteiger partial charge in [-0.1, -0.05) is 20.8 Å². The molecule has 0 atom stereocenters. The van der Waals surface area contributed by atoms with Gasteiger partial charge in [-0.15, -0.1) is 22.7 Å². The minimum Gasteiger partial charge on any atom is -0.297 e. The monoisotopic (exact) mass is 360 g/mol. The van der Waals surface area contributed by atoms with Gasteiger partial charge in [-0.3, -0.25) is 10.1 Å². The Bertz CT molecular complexity index is 934. The predicted molar refractivity (Wildman–Crippen MR) is 100 cm³/mol. The highest BCUT2D eigenvalue weighted by molar-refractivity contribution is 7.21. The number of fused-ring (bicyclic) bond motifs is 1. The second-order valence-electron chi connectivity index (χ2n) is 6.85. The van der Waals surface area contributed by atoms with E-state index in [0.29, 0.717) is 10.0 Å². The number of anilines is 1. The van der Waals surface area contributed by atoms with Crippen LogP contribution < -0.4 is 5.32 Å². The van der Waals surface area contributed by atoms with Gasteiger partial charge in [-0.2, -0.15) is 0 Å². The lowest BCUT2D eigenvalue weighted by molar-refractivity contribution is 0.103. The lowest BCUT2D eigenvalue weighted by atomic mass is 9.95. The van der Waals surface area contributed by atoms with Gasteiger partial charge in [0.05, 0.1) is 10.6 Å². The molecule has 0 unspecified atom stereocenters. The fourth-order valence-corrected chi connectivity index (χ4v) is 4.24. The number of hydrogen-bond donors (Lipinski definition) is 1. The zero-order valence-corrected chi connectivity index (χ0v) is 16.3. The maximum Gasteiger partial charge on any atom is 0.267 e. The van der Waals surface area contributed by atoms with E-state index in [1.807, 2.05) is 20.8 Å². The number of thiophene rings is 1. The molecule has 0 aliphatic heterocycles. The van der Waals surface area contributed by atoms with E-state index < -0.39 is 0 Å². The highest BCUT2D eigenvalue weighted by Gasteiger charge is 2.23. The maximum atomic E-state index is 12.6. The zero-order chi connectivity index (χ0) is 17.6. The summed E-state index contributed by atoms with van der Waals surface area (Å²) < 4.78 is 0. The molecule has 0 spiro atoms. The molecule has 0 aliphatic carbocycles. The predicted octanol–water partition coefficient (Wildman–Crippen LogP) is 4.62. The molecule has 5 nitrogen and oxygen atoms in total. The Morgan fingerprint density at radius 2 is 1.83 bits per heavy atom. The third-order valence-corrected chi connectivity index (χ3v) is 5.70. The van der Waals surface area contributed by atoms with E-state index in [1.165, 1.54) is 22.7 Å². The number of nitrogens with zero attached hydrogens (tertiary/aromatic N) is 3. The molecule has 0 saturated heterocycles. The minimum absolute atomic E-state index is 0.127. The van der Waals surface area contributed by atoms with Crippen molar-refractivity contribution in [3.63, 3.8) is 0 Å². The fourth-order valence-electron chi connectivity index (χ4n) is 2.46. The smallest absolute Gasteiger partial charge is 0.267 e. The molecule has 126 valence electrons. The quantitative estimate of drug-likeness (QED) is 0.724. The van der Waals surface area contributed by atoms with E-state index in [9.17, 15) is 4.79 Å². The molecule has 0 fully saturated rings. The first-order valence-corrected chi connectivity index (χ1v) is 9.32. The molecule has 0 aromatic carbocycles. The van der Waals surface area contributed by atoms with Gasteiger partial charge in [0, 0.05) is 21.9 Å². The van der Waals surface area contributed by atoms with Crippen LogP contribution in [0.15, 0.2) is 6.20 Å². The van der Waals surface area contributed by atoms with Crippen LogP contribution in [0.3, 0.4) is 0 Å². The summed E-state index contributed by atoms with van der Waals surface area (Å²) in [6.07, 6.45) is 1.75. The second kappa shape index (κ2) is 5.89. The molecule has 3 rings (SSSR count). The van der Waals surface area contributed by atoms with Gasteiger partial charge >= 0.3 is 0 Å². The summed E-state index contributed by atoms with van der Waals surface area (Å²) in [5.74, 6) is 0.665. The summed E-state index contributed by atoms with van der Waals surface area (Å²) >= 11 is 2.88. The number of amides is 1. The maximum absolute atomic E-state index is 12.6. The number of hydrogen-bond acceptors (Lipinski definition) is 6. The van der Waals surface area contributed by atoms with Crippen molar-refractivity contribution in [3.05, 3.63) is 33.0 Å². The Morgan fingerprint density at radius 1 is 1.12 bits per heavy atom. The van der Waals surface area contributed by atoms with Crippen LogP contribution in [0.1, 0.15) is 52.4 Å². The van der Waals surface area contributed by atoms with Crippen molar-refractivity contribution < 1.29 is 4.79 Å². The summed E-state index contributed by atoms with van der Waals surface area (Å²) in [5, 5.41) is 4.47. The van der Waals surface area contributed by atoms with Gasteiger partial charge in [0.15, 0.2) is 5.13 Å². The number of thiazole rings is 1. The molecule has 0 bridgehead atoms. The SMILES string of the molecule is Cc1cnc(NC(=O)c2sc3nc(C(C)(C)C)nc(C)c3c2C)s1. The molecule has 0 saturated carbocycles. The van der Waals surface area contributed by atoms with Crippen molar-refractivity contribution >= 4 is 43.9 Å². The largest absolute Gasteiger partial charge is 0.297 e. The van der Waals surface area contributed by atoms with Crippen LogP contribution in [0.2, 0.25) is 0 Å². The van der Waals surface area contributed by atoms with E-state index >= 15 is 0 Å². The molecule has 3 heterocycles. The van der Waals surface area contributed by atoms with Crippen LogP contribution in [-0.4, -0.2) is 20.9 Å². The van der Waals surface area contributed by atoms with Gasteiger partial charge in [0.2, 0.25) is 0 Å². The summed E-state index contributed by atoms with van der Waals surface area (Å²) in [5.41, 5.74) is 1.72. The van der Waals surface area contributed by atoms with Gasteiger partial charge < -0.3 is 0 Å². The number of aryl methyl sites for hydroxylation is 3. The average Bonchev–Trinajstić information content (AvgIpc) is 3.02. The Labute approximate surface area is 149 Å². The van der Waals surface area contributed by atoms with Gasteiger partial charge in [0.25, 0.3) is 5.91 Å². The Balaban J connectivity index is 2.04. The molecule has 1 N–H and O–H groups in total. The van der Waals surface area contributed by atoms with Crippen molar-refractivity contribution in [2.24, 2.45) is 0 Å². The molecule has 7 heteroatoms. The lowest BCUT2D eigenvalue weighted by Crippen LogP contribution is -2.16. The summed E-state index contributed by atoms with van der Waals surface area (Å²) in [6.45, 7) is 12.2. The lowest BCUT2D eigenvalue weighted by Gasteiger charge is -2.16. The van der Waals surface area contributed by atoms with Crippen molar-refractivity contribution in [2.45, 2.75) is 47.0 Å². The fraction of sp³-hybridized carbons (Fsp3) is 0.412. The third-order valence-electron chi connectivity index (χ3n) is 3.69. The van der Waals surface area contributed by atoms with Crippen LogP contribution >= 0.6 is 22.7 Å². The Kier molecular flexibility index (Phi) is 4.17. The summed E-state index contributed by atoms with van der Waals surface area (Å²) in [4.78, 5) is 28.8. The summed E-state index contributed by atoms with van der Waals surface area (Å²) in [6, 6.07) is 0. The molecule has 3 aromatic rings. The van der Waals surface area contributed by atoms with Crippen LogP contribution in [0.5, 0.6) is 0 Å². The summed E-state index contributed by atoms with van der Waals surface area (Å²) in [7, 11) is 0. The van der Waals surface area contributed by atoms with E-state index in [0.717, 1.165) is 32.2 Å². The van der Waals surface area contributed by atoms with Crippen LogP contribution in [0.25, 0.3) is 10.2 Å². The Hall–Kier alpha value is -1.86. The van der Waals surface area contributed by atoms with Gasteiger partial charge in [-0.05, 0) is 26.3 Å². The van der Waals surface area contributed by atoms with Crippen molar-refractivity contribution in [2.75, 3.05) is 5.32 Å². The minimum atomic E-state index is -0.137. The molecular formula is C17H20N4OS2. The first-order chi connectivity index (χ1) is 11.2. The molecule has 3 aromatic heterocycles. The van der Waals surface area contributed by atoms with E-state index in [-0.39, 0.29) is 11.3 Å². The van der Waals surface area contributed by atoms with Gasteiger partial charge in [0.1, 0.15) is 10.7 Å². The van der Waals surface area contributed by atoms with Crippen LogP contribution in [0, 0.1) is 20.8 Å². The number of carbonyl (C=O) groups is 1. The number of carbonyl (C=O) groups excluding carboxylic acids is 1. The third kappa shape index (κ3) is 3.06. The number of nitrogens with one attached hydrogen (secondary N) is 1. The highest BCUT2D eigenvalue weighted by Crippen LogP contribution is 2.33. The highest BCUT2D eigenvalue weighted by atomic mass is 32.1. The van der Waals surface area contributed by atoms with Crippen molar-refractivity contribution in [1.82, 2.24) is 15.0 Å². The average molecular weight is 361 g/mol. The second-order valence-corrected chi connectivity index (χ2v) is 9.08. The van der Waals surface area contributed by atoms with E-state index in [2.05, 4.69) is 36.1 Å². The zero-order valence-electron chi connectivity index (χ0n) is 14.6. The number of rotatable bonds is 2. The number of aromatic nitrogens is 3. The van der Waals surface area contributed by atoms with Crippen molar-refractivity contribution in [3.8, 4) is 0 Å². The van der Waals surface area contributed by atoms with Crippen molar-refractivity contribution in [1.29, 1.82) is 0 Å². The molecule has 0 radical (unpaired) electrons.